The fourth-order valence-corrected chi connectivity index (χ4v) is 12.1. The average Bonchev–Trinajstić information content (AvgIpc) is 3.59. The maximum atomic E-state index is 2.56. The predicted octanol–water partition coefficient (Wildman–Crippen LogP) is 16.4. The number of rotatable bonds is 5. The van der Waals surface area contributed by atoms with Gasteiger partial charge < -0.3 is 9.80 Å². The Morgan fingerprint density at radius 1 is 0.415 bits per heavy atom. The standard InChI is InChI=1S/C63H52N2/c1-63(2)57-23-8-7-22-51(57)52-31-28-46(38-58(52)63)45-18-11-19-47(37-45)61-53-32-29-50(65-35-13-21-43-16-6-10-25-60(43)65)40-56(53)62(48-27-26-41-14-3-4-17-44(41)36-48)54-33-30-49(39-55(54)61)64-34-12-20-42-15-5-9-24-59(42)64/h3,5-11,14-16,18-19,22-33,36-40H,4,12-13,17,20-21,34-35H2,1-2H3. The number of allylic oxidation sites excluding steroid dienone is 1. The first-order valence-electron chi connectivity index (χ1n) is 23.9. The average molecular weight is 837 g/mol. The molecule has 0 bridgehead atoms. The van der Waals surface area contributed by atoms with Gasteiger partial charge in [-0.3, -0.25) is 0 Å². The number of hydrogen-bond donors (Lipinski definition) is 0. The van der Waals surface area contributed by atoms with Gasteiger partial charge in [-0.25, -0.2) is 0 Å². The predicted molar refractivity (Wildman–Crippen MR) is 276 cm³/mol. The van der Waals surface area contributed by atoms with Gasteiger partial charge in [-0.1, -0.05) is 147 Å². The number of hydrogen-bond acceptors (Lipinski definition) is 2. The Kier molecular flexibility index (Phi) is 8.82. The van der Waals surface area contributed by atoms with E-state index < -0.39 is 0 Å². The smallest absolute Gasteiger partial charge is 0.0443 e. The van der Waals surface area contributed by atoms with E-state index in [1.54, 1.807) is 0 Å². The van der Waals surface area contributed by atoms with Crippen molar-refractivity contribution in [2.45, 2.75) is 57.8 Å². The lowest BCUT2D eigenvalue weighted by Crippen LogP contribution is -2.24. The molecule has 9 aromatic rings. The molecule has 0 saturated carbocycles. The maximum Gasteiger partial charge on any atom is 0.0443 e. The van der Waals surface area contributed by atoms with E-state index in [1.807, 2.05) is 0 Å². The molecule has 0 unspecified atom stereocenters. The van der Waals surface area contributed by atoms with E-state index in [4.69, 9.17) is 0 Å². The molecule has 4 aliphatic rings. The van der Waals surface area contributed by atoms with Crippen LogP contribution in [0.1, 0.15) is 66.5 Å². The zero-order chi connectivity index (χ0) is 43.2. The van der Waals surface area contributed by atoms with Gasteiger partial charge in [0, 0.05) is 41.3 Å². The molecule has 0 aromatic heterocycles. The van der Waals surface area contributed by atoms with E-state index in [2.05, 4.69) is 206 Å². The summed E-state index contributed by atoms with van der Waals surface area (Å²) >= 11 is 0. The SMILES string of the molecule is CC1(C)c2ccccc2-c2ccc(-c3cccc(-c4c5ccc(N6CCCc7ccccc76)cc5c(-c5ccc6c(c5)CCC=C6)c5ccc(N6CCCc7ccccc76)cc45)c3)cc21. The summed E-state index contributed by atoms with van der Waals surface area (Å²) in [6, 6.07) is 65.5. The minimum atomic E-state index is -0.0647. The molecule has 0 radical (unpaired) electrons. The van der Waals surface area contributed by atoms with Crippen LogP contribution >= 0.6 is 0 Å². The summed E-state index contributed by atoms with van der Waals surface area (Å²) in [5.74, 6) is 0. The first-order chi connectivity index (χ1) is 32.0. The molecular weight excluding hydrogens is 785 g/mol. The fourth-order valence-electron chi connectivity index (χ4n) is 12.1. The van der Waals surface area contributed by atoms with Crippen molar-refractivity contribution in [2.24, 2.45) is 0 Å². The highest BCUT2D eigenvalue weighted by Crippen LogP contribution is 2.51. The first-order valence-corrected chi connectivity index (χ1v) is 23.9. The van der Waals surface area contributed by atoms with Crippen LogP contribution in [-0.2, 0) is 24.7 Å². The zero-order valence-corrected chi connectivity index (χ0v) is 37.4. The lowest BCUT2D eigenvalue weighted by atomic mass is 9.81. The monoisotopic (exact) mass is 836 g/mol. The summed E-state index contributed by atoms with van der Waals surface area (Å²) < 4.78 is 0. The van der Waals surface area contributed by atoms with Crippen molar-refractivity contribution in [2.75, 3.05) is 22.9 Å². The Morgan fingerprint density at radius 3 is 1.71 bits per heavy atom. The van der Waals surface area contributed by atoms with E-state index in [0.717, 1.165) is 51.6 Å². The van der Waals surface area contributed by atoms with Crippen molar-refractivity contribution in [3.8, 4) is 44.5 Å². The summed E-state index contributed by atoms with van der Waals surface area (Å²) in [5, 5.41) is 5.19. The van der Waals surface area contributed by atoms with Crippen LogP contribution in [0.3, 0.4) is 0 Å². The van der Waals surface area contributed by atoms with Crippen molar-refractivity contribution < 1.29 is 0 Å². The molecule has 0 saturated heterocycles. The Hall–Kier alpha value is -7.16. The third-order valence-electron chi connectivity index (χ3n) is 15.3. The van der Waals surface area contributed by atoms with Crippen molar-refractivity contribution >= 4 is 50.4 Å². The third kappa shape index (κ3) is 6.14. The Bertz CT molecular complexity index is 3440. The van der Waals surface area contributed by atoms with Crippen LogP contribution in [0.4, 0.5) is 22.7 Å². The molecule has 9 aromatic carbocycles. The maximum absolute atomic E-state index is 2.56. The molecule has 0 atom stereocenters. The number of fused-ring (bicyclic) bond motifs is 8. The minimum absolute atomic E-state index is 0.0647. The van der Waals surface area contributed by atoms with Gasteiger partial charge in [-0.2, -0.15) is 0 Å². The summed E-state index contributed by atoms with van der Waals surface area (Å²) in [5.41, 5.74) is 24.0. The van der Waals surface area contributed by atoms with Gasteiger partial charge in [-0.05, 0) is 186 Å². The van der Waals surface area contributed by atoms with Crippen LogP contribution in [0.2, 0.25) is 0 Å². The fraction of sp³-hybridized carbons (Fsp3) is 0.175. The van der Waals surface area contributed by atoms with Crippen LogP contribution in [0.15, 0.2) is 176 Å². The van der Waals surface area contributed by atoms with Gasteiger partial charge in [0.2, 0.25) is 0 Å². The second-order valence-corrected chi connectivity index (χ2v) is 19.3. The molecule has 2 nitrogen and oxygen atoms in total. The molecule has 13 rings (SSSR count). The quantitative estimate of drug-likeness (QED) is 0.159. The number of para-hydroxylation sites is 2. The molecule has 2 heteroatoms. The molecular formula is C63H52N2. The van der Waals surface area contributed by atoms with Crippen molar-refractivity contribution in [1.29, 1.82) is 0 Å². The highest BCUT2D eigenvalue weighted by Gasteiger charge is 2.35. The van der Waals surface area contributed by atoms with Gasteiger partial charge in [-0.15, -0.1) is 0 Å². The van der Waals surface area contributed by atoms with Crippen molar-refractivity contribution in [3.05, 3.63) is 209 Å². The second-order valence-electron chi connectivity index (χ2n) is 19.3. The molecule has 0 amide bonds. The van der Waals surface area contributed by atoms with Crippen LogP contribution in [0, 0.1) is 0 Å². The number of nitrogens with zero attached hydrogens (tertiary/aromatic N) is 2. The normalized spacial score (nSPS) is 15.7. The van der Waals surface area contributed by atoms with Crippen molar-refractivity contribution in [3.63, 3.8) is 0 Å². The Balaban J connectivity index is 1.07. The van der Waals surface area contributed by atoms with Crippen LogP contribution in [-0.4, -0.2) is 13.1 Å². The largest absolute Gasteiger partial charge is 0.341 e. The van der Waals surface area contributed by atoms with Gasteiger partial charge in [0.05, 0.1) is 0 Å². The highest BCUT2D eigenvalue weighted by atomic mass is 15.1. The molecule has 2 aliphatic carbocycles. The number of anilines is 4. The lowest BCUT2D eigenvalue weighted by Gasteiger charge is -2.32. The van der Waals surface area contributed by atoms with E-state index in [1.165, 1.54) is 122 Å². The van der Waals surface area contributed by atoms with E-state index >= 15 is 0 Å². The number of aryl methyl sites for hydroxylation is 3. The summed E-state index contributed by atoms with van der Waals surface area (Å²) in [6.45, 7) is 6.78. The molecule has 2 aliphatic heterocycles. The molecule has 2 heterocycles. The summed E-state index contributed by atoms with van der Waals surface area (Å²) in [6.07, 6.45) is 11.3. The molecule has 0 fully saturated rings. The molecule has 0 N–H and O–H groups in total. The van der Waals surface area contributed by atoms with Crippen LogP contribution < -0.4 is 9.80 Å². The van der Waals surface area contributed by atoms with Gasteiger partial charge >= 0.3 is 0 Å². The lowest BCUT2D eigenvalue weighted by molar-refractivity contribution is 0.660. The van der Waals surface area contributed by atoms with E-state index in [-0.39, 0.29) is 5.41 Å². The van der Waals surface area contributed by atoms with Gasteiger partial charge in [0.25, 0.3) is 0 Å². The minimum Gasteiger partial charge on any atom is -0.341 e. The van der Waals surface area contributed by atoms with Gasteiger partial charge in [0.15, 0.2) is 0 Å². The summed E-state index contributed by atoms with van der Waals surface area (Å²) in [7, 11) is 0. The first kappa shape index (κ1) is 38.3. The Labute approximate surface area is 383 Å². The molecule has 0 spiro atoms. The topological polar surface area (TPSA) is 6.48 Å². The zero-order valence-electron chi connectivity index (χ0n) is 37.4. The third-order valence-corrected chi connectivity index (χ3v) is 15.3. The van der Waals surface area contributed by atoms with Crippen LogP contribution in [0.25, 0.3) is 72.1 Å². The second kappa shape index (κ2) is 15.0. The van der Waals surface area contributed by atoms with Gasteiger partial charge in [0.1, 0.15) is 0 Å². The molecule has 314 valence electrons. The highest BCUT2D eigenvalue weighted by molar-refractivity contribution is 6.22. The van der Waals surface area contributed by atoms with E-state index in [9.17, 15) is 0 Å². The van der Waals surface area contributed by atoms with Crippen molar-refractivity contribution in [1.82, 2.24) is 0 Å². The summed E-state index contributed by atoms with van der Waals surface area (Å²) in [4.78, 5) is 5.13. The van der Waals surface area contributed by atoms with E-state index in [0.29, 0.717) is 0 Å². The van der Waals surface area contributed by atoms with Crippen LogP contribution in [0.5, 0.6) is 0 Å². The molecule has 65 heavy (non-hydrogen) atoms. The Morgan fingerprint density at radius 2 is 1.00 bits per heavy atom. The number of benzene rings is 9.